The summed E-state index contributed by atoms with van der Waals surface area (Å²) in [5.41, 5.74) is 0.529. The van der Waals surface area contributed by atoms with E-state index in [0.29, 0.717) is 5.56 Å². The second-order valence-electron chi connectivity index (χ2n) is 3.03. The zero-order valence-corrected chi connectivity index (χ0v) is 10.3. The summed E-state index contributed by atoms with van der Waals surface area (Å²) in [6.07, 6.45) is 0. The summed E-state index contributed by atoms with van der Waals surface area (Å²) in [4.78, 5) is 23.4. The molecule has 15 heavy (non-hydrogen) atoms. The van der Waals surface area contributed by atoms with E-state index in [4.69, 9.17) is 5.11 Å². The zero-order chi connectivity index (χ0) is 11.4. The Balaban J connectivity index is 2.85. The van der Waals surface area contributed by atoms with Gasteiger partial charge in [-0.1, -0.05) is 12.1 Å². The quantitative estimate of drug-likeness (QED) is 0.858. The highest BCUT2D eigenvalue weighted by atomic mass is 127. The summed E-state index contributed by atoms with van der Waals surface area (Å²) in [5, 5.41) is 8.55. The van der Waals surface area contributed by atoms with Gasteiger partial charge in [-0.05, 0) is 34.7 Å². The van der Waals surface area contributed by atoms with Crippen LogP contribution in [0.4, 0.5) is 0 Å². The largest absolute Gasteiger partial charge is 0.480 e. The minimum Gasteiger partial charge on any atom is -0.480 e. The van der Waals surface area contributed by atoms with E-state index >= 15 is 0 Å². The molecule has 0 atom stereocenters. The molecule has 0 unspecified atom stereocenters. The van der Waals surface area contributed by atoms with E-state index in [9.17, 15) is 9.59 Å². The summed E-state index contributed by atoms with van der Waals surface area (Å²) in [5.74, 6) is -1.29. The molecule has 0 spiro atoms. The van der Waals surface area contributed by atoms with Gasteiger partial charge in [-0.25, -0.2) is 0 Å². The molecule has 1 amide bonds. The standard InChI is InChI=1S/C10H10INO3/c1-12(6-9(13)14)10(15)7-4-2-3-5-8(7)11/h2-5H,6H2,1H3,(H,13,14). The van der Waals surface area contributed by atoms with E-state index in [0.717, 1.165) is 3.57 Å². The number of hydrogen-bond acceptors (Lipinski definition) is 2. The molecule has 0 radical (unpaired) electrons. The van der Waals surface area contributed by atoms with Gasteiger partial charge in [0, 0.05) is 10.6 Å². The van der Waals surface area contributed by atoms with Gasteiger partial charge in [0.25, 0.3) is 5.91 Å². The smallest absolute Gasteiger partial charge is 0.323 e. The number of carbonyl (C=O) groups excluding carboxylic acids is 1. The van der Waals surface area contributed by atoms with Crippen molar-refractivity contribution < 1.29 is 14.7 Å². The second kappa shape index (κ2) is 5.11. The summed E-state index contributed by atoms with van der Waals surface area (Å²) >= 11 is 2.05. The summed E-state index contributed by atoms with van der Waals surface area (Å²) in [6.45, 7) is -0.288. The molecule has 0 saturated heterocycles. The lowest BCUT2D eigenvalue weighted by molar-refractivity contribution is -0.137. The van der Waals surface area contributed by atoms with Crippen LogP contribution in [-0.2, 0) is 4.79 Å². The first kappa shape index (κ1) is 12.0. The van der Waals surface area contributed by atoms with Gasteiger partial charge < -0.3 is 10.0 Å². The molecule has 5 heteroatoms. The van der Waals surface area contributed by atoms with Crippen molar-refractivity contribution >= 4 is 34.5 Å². The predicted molar refractivity (Wildman–Crippen MR) is 63.8 cm³/mol. The van der Waals surface area contributed by atoms with Crippen molar-refractivity contribution in [1.82, 2.24) is 4.90 Å². The molecule has 0 fully saturated rings. The number of carbonyl (C=O) groups is 2. The number of amides is 1. The molecule has 0 bridgehead atoms. The van der Waals surface area contributed by atoms with Crippen molar-refractivity contribution in [2.24, 2.45) is 0 Å². The maximum absolute atomic E-state index is 11.8. The lowest BCUT2D eigenvalue weighted by atomic mass is 10.2. The van der Waals surface area contributed by atoms with Gasteiger partial charge in [0.1, 0.15) is 6.54 Å². The summed E-state index contributed by atoms with van der Waals surface area (Å²) in [7, 11) is 1.47. The second-order valence-corrected chi connectivity index (χ2v) is 4.20. The maximum Gasteiger partial charge on any atom is 0.323 e. The first-order valence-corrected chi connectivity index (χ1v) is 5.32. The van der Waals surface area contributed by atoms with E-state index in [-0.39, 0.29) is 12.5 Å². The molecule has 1 aromatic carbocycles. The molecule has 0 aliphatic carbocycles. The van der Waals surface area contributed by atoms with Gasteiger partial charge >= 0.3 is 5.97 Å². The average Bonchev–Trinajstić information content (AvgIpc) is 2.16. The number of rotatable bonds is 3. The molecule has 0 saturated carbocycles. The number of hydrogen-bond donors (Lipinski definition) is 1. The van der Waals surface area contributed by atoms with Crippen LogP contribution in [0.5, 0.6) is 0 Å². The van der Waals surface area contributed by atoms with Crippen LogP contribution in [0.15, 0.2) is 24.3 Å². The Kier molecular flexibility index (Phi) is 4.07. The molecule has 0 aliphatic rings. The highest BCUT2D eigenvalue weighted by Gasteiger charge is 2.15. The number of halogens is 1. The first-order valence-electron chi connectivity index (χ1n) is 4.24. The molecule has 1 N–H and O–H groups in total. The van der Waals surface area contributed by atoms with E-state index in [1.165, 1.54) is 11.9 Å². The van der Waals surface area contributed by atoms with E-state index in [1.807, 2.05) is 34.7 Å². The van der Waals surface area contributed by atoms with Gasteiger partial charge in [-0.2, -0.15) is 0 Å². The third kappa shape index (κ3) is 3.19. The molecule has 4 nitrogen and oxygen atoms in total. The molecular formula is C10H10INO3. The fraction of sp³-hybridized carbons (Fsp3) is 0.200. The number of likely N-dealkylation sites (N-methyl/N-ethyl adjacent to an activating group) is 1. The minimum absolute atomic E-state index is 0.276. The summed E-state index contributed by atoms with van der Waals surface area (Å²) in [6, 6.07) is 7.07. The Labute approximate surface area is 101 Å². The van der Waals surface area contributed by atoms with Crippen LogP contribution in [0.3, 0.4) is 0 Å². The Morgan fingerprint density at radius 3 is 2.53 bits per heavy atom. The first-order chi connectivity index (χ1) is 7.02. The summed E-state index contributed by atoms with van der Waals surface area (Å²) < 4.78 is 0.817. The number of nitrogens with zero attached hydrogens (tertiary/aromatic N) is 1. The third-order valence-corrected chi connectivity index (χ3v) is 2.76. The number of aliphatic carboxylic acids is 1. The Hall–Kier alpha value is -1.11. The van der Waals surface area contributed by atoms with Gasteiger partial charge in [-0.15, -0.1) is 0 Å². The fourth-order valence-electron chi connectivity index (χ4n) is 1.11. The zero-order valence-electron chi connectivity index (χ0n) is 8.11. The van der Waals surface area contributed by atoms with Crippen LogP contribution in [0.2, 0.25) is 0 Å². The molecule has 80 valence electrons. The van der Waals surface area contributed by atoms with Gasteiger partial charge in [0.2, 0.25) is 0 Å². The highest BCUT2D eigenvalue weighted by Crippen LogP contribution is 2.13. The van der Waals surface area contributed by atoms with Crippen molar-refractivity contribution in [2.75, 3.05) is 13.6 Å². The van der Waals surface area contributed by atoms with E-state index < -0.39 is 5.97 Å². The van der Waals surface area contributed by atoms with Crippen molar-refractivity contribution in [3.8, 4) is 0 Å². The highest BCUT2D eigenvalue weighted by molar-refractivity contribution is 14.1. The topological polar surface area (TPSA) is 57.6 Å². The Bertz CT molecular complexity index is 392. The van der Waals surface area contributed by atoms with Crippen LogP contribution < -0.4 is 0 Å². The lowest BCUT2D eigenvalue weighted by Gasteiger charge is -2.15. The minimum atomic E-state index is -1.02. The van der Waals surface area contributed by atoms with Gasteiger partial charge in [0.15, 0.2) is 0 Å². The lowest BCUT2D eigenvalue weighted by Crippen LogP contribution is -2.32. The molecular weight excluding hydrogens is 309 g/mol. The van der Waals surface area contributed by atoms with Crippen molar-refractivity contribution in [3.05, 3.63) is 33.4 Å². The average molecular weight is 319 g/mol. The van der Waals surface area contributed by atoms with E-state index in [1.54, 1.807) is 12.1 Å². The number of benzene rings is 1. The predicted octanol–water partition coefficient (Wildman–Crippen LogP) is 1.45. The van der Waals surface area contributed by atoms with Crippen LogP contribution in [0.1, 0.15) is 10.4 Å². The maximum atomic E-state index is 11.8. The number of carboxylic acid groups (broad SMARTS) is 1. The molecule has 1 rings (SSSR count). The van der Waals surface area contributed by atoms with E-state index in [2.05, 4.69) is 0 Å². The van der Waals surface area contributed by atoms with Gasteiger partial charge in [-0.3, -0.25) is 9.59 Å². The van der Waals surface area contributed by atoms with Crippen molar-refractivity contribution in [3.63, 3.8) is 0 Å². The molecule has 1 aromatic rings. The molecule has 0 heterocycles. The normalized spacial score (nSPS) is 9.73. The Morgan fingerprint density at radius 1 is 1.40 bits per heavy atom. The van der Waals surface area contributed by atoms with Crippen LogP contribution >= 0.6 is 22.6 Å². The molecule has 0 aromatic heterocycles. The van der Waals surface area contributed by atoms with Gasteiger partial charge in [0.05, 0.1) is 5.56 Å². The van der Waals surface area contributed by atoms with Crippen LogP contribution in [-0.4, -0.2) is 35.5 Å². The van der Waals surface area contributed by atoms with Crippen LogP contribution in [0.25, 0.3) is 0 Å². The monoisotopic (exact) mass is 319 g/mol. The van der Waals surface area contributed by atoms with Crippen LogP contribution in [0, 0.1) is 3.57 Å². The Morgan fingerprint density at radius 2 is 2.00 bits per heavy atom. The number of carboxylic acids is 1. The van der Waals surface area contributed by atoms with Crippen molar-refractivity contribution in [1.29, 1.82) is 0 Å². The van der Waals surface area contributed by atoms with Crippen molar-refractivity contribution in [2.45, 2.75) is 0 Å². The SMILES string of the molecule is CN(CC(=O)O)C(=O)c1ccccc1I. The fourth-order valence-corrected chi connectivity index (χ4v) is 1.73. The third-order valence-electron chi connectivity index (χ3n) is 1.82. The molecule has 0 aliphatic heterocycles.